The number of nitrogens with one attached hydrogen (secondary N) is 1. The number of nitrogens with zero attached hydrogens (tertiary/aromatic N) is 3. The number of rotatable bonds is 9. The number of carboxylic acid groups (broad SMARTS) is 1. The molecule has 0 amide bonds. The maximum atomic E-state index is 13.4. The highest BCUT2D eigenvalue weighted by Gasteiger charge is 2.37. The van der Waals surface area contributed by atoms with Gasteiger partial charge in [0.15, 0.2) is 10.8 Å². The average Bonchev–Trinajstić information content (AvgIpc) is 3.39. The summed E-state index contributed by atoms with van der Waals surface area (Å²) in [4.78, 5) is 36.2. The van der Waals surface area contributed by atoms with Gasteiger partial charge in [0, 0.05) is 47.3 Å². The summed E-state index contributed by atoms with van der Waals surface area (Å²) < 4.78 is 12.2. The van der Waals surface area contributed by atoms with E-state index in [1.165, 1.54) is 11.3 Å². The zero-order chi connectivity index (χ0) is 25.7. The quantitative estimate of drug-likeness (QED) is 0.434. The van der Waals surface area contributed by atoms with Gasteiger partial charge in [0.25, 0.3) is 0 Å². The Balaban J connectivity index is 1.78. The number of hydrogen-bond acceptors (Lipinski definition) is 9. The number of benzene rings is 1. The molecule has 2 N–H and O–H groups in total. The fraction of sp³-hybridized carbons (Fsp3) is 0.440. The van der Waals surface area contributed by atoms with Crippen molar-refractivity contribution in [3.8, 4) is 0 Å². The first-order chi connectivity index (χ1) is 17.4. The summed E-state index contributed by atoms with van der Waals surface area (Å²) in [6, 6.07) is 6.96. The first-order valence-electron chi connectivity index (χ1n) is 11.9. The van der Waals surface area contributed by atoms with Crippen LogP contribution in [0.4, 0.5) is 0 Å². The van der Waals surface area contributed by atoms with Crippen molar-refractivity contribution >= 4 is 45.0 Å². The molecule has 2 aliphatic heterocycles. The van der Waals surface area contributed by atoms with Crippen molar-refractivity contribution in [2.45, 2.75) is 44.9 Å². The third-order valence-corrected chi connectivity index (χ3v) is 7.74. The lowest BCUT2D eigenvalue weighted by molar-refractivity contribution is -0.139. The van der Waals surface area contributed by atoms with E-state index >= 15 is 0 Å². The van der Waals surface area contributed by atoms with Gasteiger partial charge in [-0.1, -0.05) is 34.1 Å². The van der Waals surface area contributed by atoms with E-state index in [-0.39, 0.29) is 25.2 Å². The highest BCUT2D eigenvalue weighted by atomic mass is 79.9. The summed E-state index contributed by atoms with van der Waals surface area (Å²) in [5, 5.41) is 15.2. The molecule has 36 heavy (non-hydrogen) atoms. The van der Waals surface area contributed by atoms with Crippen LogP contribution in [-0.4, -0.2) is 71.2 Å². The number of aliphatic carboxylic acids is 1. The van der Waals surface area contributed by atoms with Crippen LogP contribution < -0.4 is 5.32 Å². The Bertz CT molecular complexity index is 1150. The molecule has 0 radical (unpaired) electrons. The lowest BCUT2D eigenvalue weighted by Crippen LogP contribution is -2.52. The molecule has 1 aromatic heterocycles. The second-order valence-electron chi connectivity index (χ2n) is 8.52. The number of carbonyl (C=O) groups excluding carboxylic acids is 1. The predicted molar refractivity (Wildman–Crippen MR) is 140 cm³/mol. The Morgan fingerprint density at radius 1 is 1.36 bits per heavy atom. The zero-order valence-electron chi connectivity index (χ0n) is 20.1. The summed E-state index contributed by atoms with van der Waals surface area (Å²) in [5.41, 5.74) is 1.94. The molecule has 0 spiro atoms. The van der Waals surface area contributed by atoms with Crippen molar-refractivity contribution in [2.75, 3.05) is 26.3 Å². The summed E-state index contributed by atoms with van der Waals surface area (Å²) in [6.07, 6.45) is 2.06. The van der Waals surface area contributed by atoms with Gasteiger partial charge in [0.05, 0.1) is 24.9 Å². The average molecular weight is 578 g/mol. The molecular formula is C25H29BrN4O5S. The van der Waals surface area contributed by atoms with Crippen LogP contribution in [-0.2, 0) is 19.1 Å². The van der Waals surface area contributed by atoms with Crippen molar-refractivity contribution in [1.82, 2.24) is 15.2 Å². The number of carbonyl (C=O) groups is 2. The number of halogens is 1. The number of hydrogen-bond donors (Lipinski definition) is 2. The molecule has 192 valence electrons. The zero-order valence-corrected chi connectivity index (χ0v) is 22.5. The van der Waals surface area contributed by atoms with Crippen molar-refractivity contribution in [2.24, 2.45) is 4.99 Å². The number of aliphatic imine (C=N–C) groups is 1. The summed E-state index contributed by atoms with van der Waals surface area (Å²) in [6.45, 7) is 5.49. The standard InChI is InChI=1S/C25H29BrN4O5S/c1-3-34-25(33)21-18(14-30-11-12-35-15(2)19(30)8-9-20(31)32)28-23(24-27-10-13-36-24)29-22(21)16-6-4-5-7-17(16)26/h4-7,10,13,15,19,22H,3,8-9,11-12,14H2,1-2H3,(H,28,29)(H,31,32)/t15-,19-,22+/m1/s1. The molecule has 3 heterocycles. The lowest BCUT2D eigenvalue weighted by atomic mass is 9.94. The van der Waals surface area contributed by atoms with Gasteiger partial charge in [-0.25, -0.2) is 9.78 Å². The molecule has 1 saturated heterocycles. The van der Waals surface area contributed by atoms with E-state index in [1.54, 1.807) is 13.1 Å². The van der Waals surface area contributed by atoms with Crippen LogP contribution in [0, 0.1) is 0 Å². The van der Waals surface area contributed by atoms with Crippen molar-refractivity contribution in [3.05, 3.63) is 62.2 Å². The van der Waals surface area contributed by atoms with Crippen LogP contribution in [0.25, 0.3) is 0 Å². The maximum Gasteiger partial charge on any atom is 0.338 e. The molecule has 0 unspecified atom stereocenters. The number of carboxylic acids is 1. The lowest BCUT2D eigenvalue weighted by Gasteiger charge is -2.41. The van der Waals surface area contributed by atoms with Crippen molar-refractivity contribution in [3.63, 3.8) is 0 Å². The van der Waals surface area contributed by atoms with Crippen LogP contribution in [0.3, 0.4) is 0 Å². The van der Waals surface area contributed by atoms with Crippen LogP contribution in [0.15, 0.2) is 56.6 Å². The highest BCUT2D eigenvalue weighted by Crippen LogP contribution is 2.37. The molecule has 2 aromatic rings. The van der Waals surface area contributed by atoms with Crippen molar-refractivity contribution < 1.29 is 24.2 Å². The van der Waals surface area contributed by atoms with Crippen LogP contribution >= 0.6 is 27.3 Å². The normalized spacial score (nSPS) is 22.6. The van der Waals surface area contributed by atoms with Crippen molar-refractivity contribution in [1.29, 1.82) is 0 Å². The SMILES string of the molecule is CCOC(=O)C1=C(CN2CCO[C@H](C)[C@H]2CCC(=O)O)NC(c2nccs2)=N[C@H]1c1ccccc1Br. The second-order valence-corrected chi connectivity index (χ2v) is 10.3. The van der Waals surface area contributed by atoms with E-state index in [0.29, 0.717) is 48.2 Å². The Morgan fingerprint density at radius 2 is 2.17 bits per heavy atom. The molecule has 11 heteroatoms. The van der Waals surface area contributed by atoms with Gasteiger partial charge in [0.1, 0.15) is 6.04 Å². The number of thiazole rings is 1. The number of esters is 1. The monoisotopic (exact) mass is 576 g/mol. The van der Waals surface area contributed by atoms with E-state index in [9.17, 15) is 14.7 Å². The van der Waals surface area contributed by atoms with E-state index in [0.717, 1.165) is 10.0 Å². The third kappa shape index (κ3) is 6.03. The fourth-order valence-electron chi connectivity index (χ4n) is 4.56. The molecule has 4 rings (SSSR count). The number of amidine groups is 1. The Kier molecular flexibility index (Phi) is 8.89. The second kappa shape index (κ2) is 12.1. The van der Waals surface area contributed by atoms with Gasteiger partial charge >= 0.3 is 11.9 Å². The van der Waals surface area contributed by atoms with E-state index < -0.39 is 18.0 Å². The van der Waals surface area contributed by atoms with E-state index in [2.05, 4.69) is 31.1 Å². The molecule has 0 aliphatic carbocycles. The van der Waals surface area contributed by atoms with Gasteiger partial charge in [-0.3, -0.25) is 14.7 Å². The molecule has 1 fully saturated rings. The molecule has 2 aliphatic rings. The van der Waals surface area contributed by atoms with Gasteiger partial charge in [-0.2, -0.15) is 0 Å². The van der Waals surface area contributed by atoms with Crippen LogP contribution in [0.1, 0.15) is 43.3 Å². The topological polar surface area (TPSA) is 113 Å². The molecular weight excluding hydrogens is 548 g/mol. The van der Waals surface area contributed by atoms with Crippen LogP contribution in [0.5, 0.6) is 0 Å². The summed E-state index contributed by atoms with van der Waals surface area (Å²) in [7, 11) is 0. The molecule has 0 saturated carbocycles. The maximum absolute atomic E-state index is 13.4. The van der Waals surface area contributed by atoms with Gasteiger partial charge in [0.2, 0.25) is 0 Å². The minimum absolute atomic E-state index is 0.0392. The first kappa shape index (κ1) is 26.5. The van der Waals surface area contributed by atoms with E-state index in [4.69, 9.17) is 14.5 Å². The molecule has 1 aromatic carbocycles. The fourth-order valence-corrected chi connectivity index (χ4v) is 5.65. The van der Waals surface area contributed by atoms with Gasteiger partial charge in [-0.15, -0.1) is 11.3 Å². The number of ether oxygens (including phenoxy) is 2. The molecule has 0 bridgehead atoms. The molecule has 3 atom stereocenters. The minimum atomic E-state index is -0.845. The Hall–Kier alpha value is -2.60. The van der Waals surface area contributed by atoms with E-state index in [1.807, 2.05) is 36.6 Å². The molecule has 9 nitrogen and oxygen atoms in total. The summed E-state index contributed by atoms with van der Waals surface area (Å²) in [5.74, 6) is -0.703. The van der Waals surface area contributed by atoms with Gasteiger partial charge in [-0.05, 0) is 31.9 Å². The largest absolute Gasteiger partial charge is 0.481 e. The van der Waals surface area contributed by atoms with Gasteiger partial charge < -0.3 is 19.9 Å². The summed E-state index contributed by atoms with van der Waals surface area (Å²) >= 11 is 5.08. The number of aromatic nitrogens is 1. The Morgan fingerprint density at radius 3 is 2.86 bits per heavy atom. The first-order valence-corrected chi connectivity index (χ1v) is 13.5. The number of morpholine rings is 1. The minimum Gasteiger partial charge on any atom is -0.481 e. The smallest absolute Gasteiger partial charge is 0.338 e. The predicted octanol–water partition coefficient (Wildman–Crippen LogP) is 3.77. The highest BCUT2D eigenvalue weighted by molar-refractivity contribution is 9.10. The Labute approximate surface area is 222 Å². The van der Waals surface area contributed by atoms with Crippen LogP contribution in [0.2, 0.25) is 0 Å². The third-order valence-electron chi connectivity index (χ3n) is 6.24.